The molecule has 0 aromatic heterocycles. The molecule has 0 aliphatic carbocycles. The molecule has 3 rings (SSSR count). The number of anilines is 1. The van der Waals surface area contributed by atoms with E-state index in [2.05, 4.69) is 17.4 Å². The Morgan fingerprint density at radius 3 is 1.92 bits per heavy atom. The smallest absolute Gasteiger partial charge is 0.105 e. The molecule has 0 saturated carbocycles. The van der Waals surface area contributed by atoms with Gasteiger partial charge in [0, 0.05) is 5.69 Å². The molecule has 128 valence electrons. The molecule has 3 nitrogen and oxygen atoms in total. The van der Waals surface area contributed by atoms with Gasteiger partial charge >= 0.3 is 0 Å². The molecular weight excluding hydrogens is 310 g/mol. The molecular formula is C22H23NO2. The quantitative estimate of drug-likeness (QED) is 0.641. The molecule has 0 saturated heterocycles. The summed E-state index contributed by atoms with van der Waals surface area (Å²) in [7, 11) is 0. The van der Waals surface area contributed by atoms with Crippen LogP contribution in [0, 0.1) is 0 Å². The van der Waals surface area contributed by atoms with Gasteiger partial charge in [0.2, 0.25) is 0 Å². The summed E-state index contributed by atoms with van der Waals surface area (Å²) in [6.45, 7) is 0.401. The van der Waals surface area contributed by atoms with Crippen molar-refractivity contribution in [2.24, 2.45) is 0 Å². The standard InChI is InChI=1S/C22H23NO2/c24-16-21(25-17-18-10-4-1-5-11-18)22(19-12-6-2-7-13-19)23-20-14-8-3-9-15-20/h1-15,21-24H,16-17H2. The number of para-hydroxylation sites is 1. The molecule has 3 aromatic rings. The molecule has 0 aliphatic rings. The van der Waals surface area contributed by atoms with Crippen molar-refractivity contribution in [2.75, 3.05) is 11.9 Å². The normalized spacial score (nSPS) is 13.2. The maximum Gasteiger partial charge on any atom is 0.105 e. The molecule has 0 radical (unpaired) electrons. The van der Waals surface area contributed by atoms with Crippen molar-refractivity contribution in [3.05, 3.63) is 102 Å². The van der Waals surface area contributed by atoms with Gasteiger partial charge in [0.05, 0.1) is 19.3 Å². The highest BCUT2D eigenvalue weighted by Gasteiger charge is 2.23. The van der Waals surface area contributed by atoms with E-state index in [0.29, 0.717) is 6.61 Å². The first-order valence-electron chi connectivity index (χ1n) is 8.50. The van der Waals surface area contributed by atoms with Crippen LogP contribution in [0.5, 0.6) is 0 Å². The number of hydrogen-bond acceptors (Lipinski definition) is 3. The second-order valence-electron chi connectivity index (χ2n) is 5.92. The van der Waals surface area contributed by atoms with Gasteiger partial charge in [0.25, 0.3) is 0 Å². The lowest BCUT2D eigenvalue weighted by Gasteiger charge is -2.28. The third-order valence-corrected chi connectivity index (χ3v) is 4.11. The predicted molar refractivity (Wildman–Crippen MR) is 101 cm³/mol. The first kappa shape index (κ1) is 17.2. The summed E-state index contributed by atoms with van der Waals surface area (Å²) in [6.07, 6.45) is -0.359. The zero-order chi connectivity index (χ0) is 17.3. The molecule has 0 spiro atoms. The van der Waals surface area contributed by atoms with Crippen molar-refractivity contribution < 1.29 is 9.84 Å². The molecule has 2 N–H and O–H groups in total. The molecule has 2 atom stereocenters. The van der Waals surface area contributed by atoms with Crippen LogP contribution < -0.4 is 5.32 Å². The Bertz CT molecular complexity index is 732. The zero-order valence-electron chi connectivity index (χ0n) is 14.1. The van der Waals surface area contributed by atoms with Gasteiger partial charge in [-0.15, -0.1) is 0 Å². The number of hydrogen-bond donors (Lipinski definition) is 2. The monoisotopic (exact) mass is 333 g/mol. The third-order valence-electron chi connectivity index (χ3n) is 4.11. The summed E-state index contributed by atoms with van der Waals surface area (Å²) in [5.74, 6) is 0. The Balaban J connectivity index is 1.78. The van der Waals surface area contributed by atoms with Gasteiger partial charge in [-0.05, 0) is 23.3 Å². The van der Waals surface area contributed by atoms with Gasteiger partial charge in [-0.25, -0.2) is 0 Å². The van der Waals surface area contributed by atoms with Crippen LogP contribution in [-0.4, -0.2) is 17.8 Å². The van der Waals surface area contributed by atoms with Crippen molar-refractivity contribution >= 4 is 5.69 Å². The lowest BCUT2D eigenvalue weighted by molar-refractivity contribution is -0.00891. The molecule has 0 fully saturated rings. The first-order chi connectivity index (χ1) is 12.4. The highest BCUT2D eigenvalue weighted by atomic mass is 16.5. The zero-order valence-corrected chi connectivity index (χ0v) is 14.1. The molecule has 3 aromatic carbocycles. The Labute approximate surface area is 148 Å². The summed E-state index contributed by atoms with van der Waals surface area (Å²) in [4.78, 5) is 0. The molecule has 0 aliphatic heterocycles. The highest BCUT2D eigenvalue weighted by Crippen LogP contribution is 2.25. The second-order valence-corrected chi connectivity index (χ2v) is 5.92. The number of benzene rings is 3. The lowest BCUT2D eigenvalue weighted by Crippen LogP contribution is -2.31. The predicted octanol–water partition coefficient (Wildman–Crippen LogP) is 4.42. The van der Waals surface area contributed by atoms with Crippen LogP contribution in [0.1, 0.15) is 17.2 Å². The van der Waals surface area contributed by atoms with Gasteiger partial charge in [0.1, 0.15) is 6.10 Å². The van der Waals surface area contributed by atoms with E-state index in [4.69, 9.17) is 4.74 Å². The SMILES string of the molecule is OCC(OCc1ccccc1)C(Nc1ccccc1)c1ccccc1. The Hall–Kier alpha value is -2.62. The maximum absolute atomic E-state index is 9.95. The summed E-state index contributed by atoms with van der Waals surface area (Å²) < 4.78 is 6.05. The minimum Gasteiger partial charge on any atom is -0.394 e. The summed E-state index contributed by atoms with van der Waals surface area (Å²) in [6, 6.07) is 30.0. The van der Waals surface area contributed by atoms with Gasteiger partial charge < -0.3 is 15.2 Å². The van der Waals surface area contributed by atoms with Crippen LogP contribution in [0.15, 0.2) is 91.0 Å². The number of aliphatic hydroxyl groups is 1. The Kier molecular flexibility index (Phi) is 6.21. The summed E-state index contributed by atoms with van der Waals surface area (Å²) >= 11 is 0. The van der Waals surface area contributed by atoms with Crippen LogP contribution in [0.4, 0.5) is 5.69 Å². The fraction of sp³-hybridized carbons (Fsp3) is 0.182. The molecule has 25 heavy (non-hydrogen) atoms. The lowest BCUT2D eigenvalue weighted by atomic mass is 10.0. The third kappa shape index (κ3) is 4.92. The minimum absolute atomic E-state index is 0.0633. The summed E-state index contributed by atoms with van der Waals surface area (Å²) in [5.41, 5.74) is 3.17. The van der Waals surface area contributed by atoms with Crippen molar-refractivity contribution in [2.45, 2.75) is 18.8 Å². The Morgan fingerprint density at radius 1 is 0.760 bits per heavy atom. The van der Waals surface area contributed by atoms with Gasteiger partial charge in [-0.2, -0.15) is 0 Å². The molecule has 0 bridgehead atoms. The summed E-state index contributed by atoms with van der Waals surface area (Å²) in [5, 5.41) is 13.4. The van der Waals surface area contributed by atoms with Crippen LogP contribution in [0.3, 0.4) is 0 Å². The number of rotatable bonds is 8. The van der Waals surface area contributed by atoms with Gasteiger partial charge in [-0.1, -0.05) is 78.9 Å². The van der Waals surface area contributed by atoms with Gasteiger partial charge in [0.15, 0.2) is 0 Å². The molecule has 0 amide bonds. The fourth-order valence-electron chi connectivity index (χ4n) is 2.80. The van der Waals surface area contributed by atoms with Crippen molar-refractivity contribution in [3.63, 3.8) is 0 Å². The molecule has 3 heteroatoms. The largest absolute Gasteiger partial charge is 0.394 e. The van der Waals surface area contributed by atoms with Gasteiger partial charge in [-0.3, -0.25) is 0 Å². The van der Waals surface area contributed by atoms with E-state index in [1.54, 1.807) is 0 Å². The van der Waals surface area contributed by atoms with E-state index in [-0.39, 0.29) is 18.8 Å². The van der Waals surface area contributed by atoms with Crippen LogP contribution >= 0.6 is 0 Å². The van der Waals surface area contributed by atoms with Crippen molar-refractivity contribution in [1.29, 1.82) is 0 Å². The van der Waals surface area contributed by atoms with E-state index < -0.39 is 0 Å². The van der Waals surface area contributed by atoms with Crippen molar-refractivity contribution in [3.8, 4) is 0 Å². The average molecular weight is 333 g/mol. The second kappa shape index (κ2) is 9.02. The number of nitrogens with one attached hydrogen (secondary N) is 1. The Morgan fingerprint density at radius 2 is 1.32 bits per heavy atom. The van der Waals surface area contributed by atoms with Crippen LogP contribution in [0.2, 0.25) is 0 Å². The highest BCUT2D eigenvalue weighted by molar-refractivity contribution is 5.45. The molecule has 2 unspecified atom stereocenters. The van der Waals surface area contributed by atoms with E-state index in [9.17, 15) is 5.11 Å². The number of aliphatic hydroxyl groups excluding tert-OH is 1. The van der Waals surface area contributed by atoms with Crippen LogP contribution in [0.25, 0.3) is 0 Å². The minimum atomic E-state index is -0.359. The van der Waals surface area contributed by atoms with E-state index in [1.807, 2.05) is 78.9 Å². The van der Waals surface area contributed by atoms with E-state index in [0.717, 1.165) is 16.8 Å². The molecule has 0 heterocycles. The van der Waals surface area contributed by atoms with E-state index in [1.165, 1.54) is 0 Å². The maximum atomic E-state index is 9.95. The fourth-order valence-corrected chi connectivity index (χ4v) is 2.80. The van der Waals surface area contributed by atoms with E-state index >= 15 is 0 Å². The van der Waals surface area contributed by atoms with Crippen molar-refractivity contribution in [1.82, 2.24) is 0 Å². The number of ether oxygens (including phenoxy) is 1. The first-order valence-corrected chi connectivity index (χ1v) is 8.50. The average Bonchev–Trinajstić information content (AvgIpc) is 2.70. The van der Waals surface area contributed by atoms with Crippen LogP contribution in [-0.2, 0) is 11.3 Å². The topological polar surface area (TPSA) is 41.5 Å².